The van der Waals surface area contributed by atoms with Gasteiger partial charge >= 0.3 is 80.7 Å². The number of Topliss-reactive ketones (excluding diaryl/α,β-unsaturated/α-hetero) is 1. The Morgan fingerprint density at radius 3 is 0.973 bits per heavy atom. The maximum Gasteiger partial charge on any atom is 1.00 e. The van der Waals surface area contributed by atoms with Crippen LogP contribution in [0.3, 0.4) is 0 Å². The molecule has 0 fully saturated rings. The first-order chi connectivity index (χ1) is 52.9. The van der Waals surface area contributed by atoms with Crippen LogP contribution in [0.2, 0.25) is 0 Å². The van der Waals surface area contributed by atoms with Crippen LogP contribution >= 0.6 is 15.6 Å². The van der Waals surface area contributed by atoms with Crippen LogP contribution in [-0.2, 0) is 70.2 Å². The van der Waals surface area contributed by atoms with Gasteiger partial charge in [-0.15, -0.1) is 0 Å². The zero-order valence-electron chi connectivity index (χ0n) is 74.7. The summed E-state index contributed by atoms with van der Waals surface area (Å²) in [5.74, 6) is -1.64. The molecule has 0 aromatic rings. The third-order valence-electron chi connectivity index (χ3n) is 20.4. The number of hydrogen-bond acceptors (Lipinski definition) is 15. The quantitative estimate of drug-likeness (QED) is 0.0108. The van der Waals surface area contributed by atoms with Crippen molar-refractivity contribution in [3.63, 3.8) is 0 Å². The van der Waals surface area contributed by atoms with Crippen LogP contribution in [0, 0.1) is 5.92 Å². The zero-order chi connectivity index (χ0) is 80.0. The normalized spacial score (nSPS) is 13.6. The molecule has 111 heavy (non-hydrogen) atoms. The minimum Gasteiger partial charge on any atom is -1.00 e. The largest absolute Gasteiger partial charge is 1.00 e. The molecule has 0 aliphatic carbocycles. The Kier molecular flexibility index (Phi) is 88.1. The van der Waals surface area contributed by atoms with Crippen molar-refractivity contribution >= 4 is 51.0 Å². The minimum absolute atomic E-state index is 0. The predicted molar refractivity (Wildman–Crippen MR) is 447 cm³/mol. The van der Waals surface area contributed by atoms with E-state index >= 15 is 0 Å². The first-order valence-corrected chi connectivity index (χ1v) is 48.1. The second-order valence-electron chi connectivity index (χ2n) is 31.2. The van der Waals surface area contributed by atoms with E-state index in [1.54, 1.807) is 0 Å². The number of rotatable bonds is 87. The zero-order valence-corrected chi connectivity index (χ0v) is 78.5. The SMILES string of the molecule is CCCCCCCCCCCCCC(=O)N[C@H](COCC[C@@H](CCCCCCC)OC(=O)CCCCCCCCCCC)COP(=O)(O)OCCNC(=O)CC(=O)NCCOP(=O)(O)OC[C@H](COCC[C@@H](CCCCCCC)CC(=O)CCCCCCCCCCC)NC(=O)CCCCCCCCCCCCC.[H-].[H-].[Na+].[Na+]. The van der Waals surface area contributed by atoms with Crippen LogP contribution in [-0.4, -0.2) is 129 Å². The van der Waals surface area contributed by atoms with Crippen molar-refractivity contribution in [1.29, 1.82) is 0 Å². The molecule has 0 aliphatic rings. The molecule has 2 unspecified atom stereocenters. The van der Waals surface area contributed by atoms with E-state index in [0.717, 1.165) is 135 Å². The summed E-state index contributed by atoms with van der Waals surface area (Å²) < 4.78 is 65.6. The number of amides is 4. The molecule has 0 rings (SSSR count). The molecule has 0 radical (unpaired) electrons. The number of esters is 1. The molecule has 0 aliphatic heterocycles. The van der Waals surface area contributed by atoms with Crippen LogP contribution in [0.25, 0.3) is 0 Å². The van der Waals surface area contributed by atoms with Crippen molar-refractivity contribution in [2.75, 3.05) is 65.9 Å². The summed E-state index contributed by atoms with van der Waals surface area (Å²) in [6, 6.07) is -1.59. The standard InChI is InChI=1S/C86H168N4O17P2.2Na.2H/c1-7-13-19-25-29-33-35-39-42-48-54-60-82(92)89-78(73-101-67-63-77(57-51-45-23-17-11-5)71-80(91)58-52-47-41-37-31-27-21-15-9-3)75-105-108(97,98)103-69-65-87-84(94)72-85(95)88-66-70-104-109(99,100)106-76-79(90-83(93)61-55-49-43-40-36-34-30-26-20-14-8-2)74-102-68-64-81(59-53-46-24-18-12-6)107-86(96)62-56-50-44-38-32-28-22-16-10-4;;;;/h77-79,81H,7-76H2,1-6H3,(H,87,94)(H,88,95)(H,89,92)(H,90,93)(H,97,98)(H,99,100);;;;/q;2*+1;2*-1/t77-,78+,79-,81-;;;;/m1..../s1. The molecule has 0 saturated heterocycles. The number of unbranched alkanes of at least 4 members (excludes halogenated alkanes) is 44. The van der Waals surface area contributed by atoms with Crippen LogP contribution in [0.5, 0.6) is 0 Å². The molecule has 0 aromatic carbocycles. The molecular weight excluding hydrogens is 1470 g/mol. The van der Waals surface area contributed by atoms with E-state index in [-0.39, 0.29) is 138 Å². The number of hydrogen-bond donors (Lipinski definition) is 6. The number of carbonyl (C=O) groups excluding carboxylic acids is 6. The topological polar surface area (TPSA) is 290 Å². The summed E-state index contributed by atoms with van der Waals surface area (Å²) in [6.45, 7) is 11.6. The van der Waals surface area contributed by atoms with Gasteiger partial charge in [0.2, 0.25) is 23.6 Å². The molecular formula is C86H170N4Na2O17P2. The molecule has 21 nitrogen and oxygen atoms in total. The summed E-state index contributed by atoms with van der Waals surface area (Å²) in [7, 11) is -9.44. The van der Waals surface area contributed by atoms with E-state index in [0.29, 0.717) is 57.3 Å². The van der Waals surface area contributed by atoms with E-state index < -0.39 is 72.4 Å². The third-order valence-corrected chi connectivity index (χ3v) is 22.4. The van der Waals surface area contributed by atoms with Crippen LogP contribution in [0.1, 0.15) is 430 Å². The third kappa shape index (κ3) is 82.6. The Balaban J connectivity index is -0.00000972. The van der Waals surface area contributed by atoms with Gasteiger partial charge in [-0.1, -0.05) is 330 Å². The average molecular weight is 1640 g/mol. The van der Waals surface area contributed by atoms with Crippen molar-refractivity contribution in [2.45, 2.75) is 445 Å². The van der Waals surface area contributed by atoms with Crippen molar-refractivity contribution in [1.82, 2.24) is 21.3 Å². The van der Waals surface area contributed by atoms with Gasteiger partial charge in [-0.05, 0) is 57.3 Å². The first kappa shape index (κ1) is 114. The molecule has 648 valence electrons. The molecule has 0 saturated carbocycles. The smallest absolute Gasteiger partial charge is 1.00 e. The number of phosphoric ester groups is 2. The van der Waals surface area contributed by atoms with E-state index in [1.165, 1.54) is 186 Å². The molecule has 4 amide bonds. The second-order valence-corrected chi connectivity index (χ2v) is 34.1. The Morgan fingerprint density at radius 2 is 0.622 bits per heavy atom. The van der Waals surface area contributed by atoms with Gasteiger partial charge in [0.05, 0.1) is 58.3 Å². The fraction of sp³-hybridized carbons (Fsp3) is 0.930. The fourth-order valence-corrected chi connectivity index (χ4v) is 15.1. The number of ketones is 1. The molecule has 0 spiro atoms. The van der Waals surface area contributed by atoms with Gasteiger partial charge in [-0.2, -0.15) is 0 Å². The summed E-state index contributed by atoms with van der Waals surface area (Å²) in [5, 5.41) is 10.8. The maximum atomic E-state index is 13.3. The summed E-state index contributed by atoms with van der Waals surface area (Å²) >= 11 is 0. The van der Waals surface area contributed by atoms with Crippen LogP contribution in [0.4, 0.5) is 0 Å². The Labute approximate surface area is 725 Å². The first-order valence-electron chi connectivity index (χ1n) is 45.1. The number of phosphoric acid groups is 2. The van der Waals surface area contributed by atoms with E-state index in [9.17, 15) is 47.7 Å². The molecule has 6 N–H and O–H groups in total. The van der Waals surface area contributed by atoms with E-state index in [4.69, 9.17) is 32.3 Å². The molecule has 0 heterocycles. The molecule has 25 heteroatoms. The number of nitrogens with one attached hydrogen (secondary N) is 4. The van der Waals surface area contributed by atoms with E-state index in [2.05, 4.69) is 62.8 Å². The number of ether oxygens (including phenoxy) is 3. The van der Waals surface area contributed by atoms with Crippen molar-refractivity contribution in [3.8, 4) is 0 Å². The van der Waals surface area contributed by atoms with Gasteiger partial charge in [-0.3, -0.25) is 46.9 Å². The Morgan fingerprint density at radius 1 is 0.324 bits per heavy atom. The van der Waals surface area contributed by atoms with Gasteiger partial charge in [-0.25, -0.2) is 9.13 Å². The molecule has 0 bridgehead atoms. The summed E-state index contributed by atoms with van der Waals surface area (Å²) in [5.41, 5.74) is 0. The van der Waals surface area contributed by atoms with Gasteiger partial charge in [0, 0.05) is 58.2 Å². The monoisotopic (exact) mass is 1640 g/mol. The van der Waals surface area contributed by atoms with Crippen LogP contribution in [0.15, 0.2) is 0 Å². The minimum atomic E-state index is -4.73. The van der Waals surface area contributed by atoms with Gasteiger partial charge < -0.3 is 48.1 Å². The molecule has 6 atom stereocenters. The molecule has 0 aromatic heterocycles. The second kappa shape index (κ2) is 85.6. The van der Waals surface area contributed by atoms with Crippen LogP contribution < -0.4 is 80.4 Å². The Bertz CT molecular complexity index is 2100. The van der Waals surface area contributed by atoms with Gasteiger partial charge in [0.1, 0.15) is 18.3 Å². The van der Waals surface area contributed by atoms with Crippen molar-refractivity contribution in [2.24, 2.45) is 5.92 Å². The van der Waals surface area contributed by atoms with Crippen molar-refractivity contribution < 1.29 is 142 Å². The van der Waals surface area contributed by atoms with Gasteiger partial charge in [0.25, 0.3) is 0 Å². The maximum absolute atomic E-state index is 13.3. The predicted octanol–water partition coefficient (Wildman–Crippen LogP) is 16.3. The van der Waals surface area contributed by atoms with Gasteiger partial charge in [0.15, 0.2) is 0 Å². The van der Waals surface area contributed by atoms with Crippen molar-refractivity contribution in [3.05, 3.63) is 0 Å². The average Bonchev–Trinajstić information content (AvgIpc) is 0.810. The number of carbonyl (C=O) groups is 6. The summed E-state index contributed by atoms with van der Waals surface area (Å²) in [6.07, 6.45) is 61.3. The van der Waals surface area contributed by atoms with E-state index in [1.807, 2.05) is 0 Å². The summed E-state index contributed by atoms with van der Waals surface area (Å²) in [4.78, 5) is 99.8. The Hall–Kier alpha value is -0.840. The fourth-order valence-electron chi connectivity index (χ4n) is 13.6.